The summed E-state index contributed by atoms with van der Waals surface area (Å²) in [6.45, 7) is 5.06. The Kier molecular flexibility index (Phi) is 5.07. The molecule has 0 unspecified atom stereocenters. The molecule has 0 aromatic heterocycles. The fourth-order valence-electron chi connectivity index (χ4n) is 2.99. The van der Waals surface area contributed by atoms with E-state index in [2.05, 4.69) is 10.6 Å². The Bertz CT molecular complexity index is 915. The number of hydrogen-bond acceptors (Lipinski definition) is 4. The van der Waals surface area contributed by atoms with E-state index in [4.69, 9.17) is 0 Å². The molecule has 0 atom stereocenters. The first-order valence-corrected chi connectivity index (χ1v) is 8.70. The number of anilines is 2. The van der Waals surface area contributed by atoms with Gasteiger partial charge in [-0.25, -0.2) is 0 Å². The summed E-state index contributed by atoms with van der Waals surface area (Å²) < 4.78 is 0. The summed E-state index contributed by atoms with van der Waals surface area (Å²) in [6.07, 6.45) is 0. The van der Waals surface area contributed by atoms with Gasteiger partial charge in [-0.3, -0.25) is 19.3 Å². The van der Waals surface area contributed by atoms with Gasteiger partial charge in [-0.2, -0.15) is 0 Å². The minimum atomic E-state index is -0.347. The molecule has 27 heavy (non-hydrogen) atoms. The Hall–Kier alpha value is -3.41. The highest BCUT2D eigenvalue weighted by molar-refractivity contribution is 6.36. The van der Waals surface area contributed by atoms with Crippen LogP contribution in [0.5, 0.6) is 0 Å². The van der Waals surface area contributed by atoms with E-state index in [1.54, 1.807) is 24.3 Å². The average Bonchev–Trinajstić information content (AvgIpc) is 2.87. The molecule has 0 saturated carbocycles. The molecule has 0 saturated heterocycles. The van der Waals surface area contributed by atoms with Crippen molar-refractivity contribution in [3.8, 4) is 0 Å². The molecule has 1 aliphatic rings. The Morgan fingerprint density at radius 3 is 2.04 bits per heavy atom. The van der Waals surface area contributed by atoms with E-state index in [0.717, 1.165) is 0 Å². The molecule has 2 aromatic carbocycles. The highest BCUT2D eigenvalue weighted by Gasteiger charge is 2.40. The van der Waals surface area contributed by atoms with Gasteiger partial charge in [0.15, 0.2) is 0 Å². The number of carbonyl (C=O) groups excluding carboxylic acids is 3. The second-order valence-corrected chi connectivity index (χ2v) is 6.57. The van der Waals surface area contributed by atoms with Crippen molar-refractivity contribution in [2.24, 2.45) is 0 Å². The summed E-state index contributed by atoms with van der Waals surface area (Å²) in [6, 6.07) is 15.9. The van der Waals surface area contributed by atoms with Gasteiger partial charge < -0.3 is 10.6 Å². The molecule has 3 rings (SSSR count). The fraction of sp³-hybridized carbons (Fsp3) is 0.190. The number of carbonyl (C=O) groups is 3. The normalized spacial score (nSPS) is 14.1. The molecule has 6 heteroatoms. The van der Waals surface area contributed by atoms with Crippen molar-refractivity contribution in [2.45, 2.75) is 26.8 Å². The summed E-state index contributed by atoms with van der Waals surface area (Å²) in [5.41, 5.74) is 2.62. The summed E-state index contributed by atoms with van der Waals surface area (Å²) in [5.74, 6) is -0.813. The summed E-state index contributed by atoms with van der Waals surface area (Å²) in [4.78, 5) is 38.2. The van der Waals surface area contributed by atoms with Crippen LogP contribution in [0.1, 0.15) is 26.3 Å². The predicted octanol–water partition coefficient (Wildman–Crippen LogP) is 3.25. The van der Waals surface area contributed by atoms with Crippen LogP contribution < -0.4 is 10.6 Å². The van der Waals surface area contributed by atoms with Crippen molar-refractivity contribution in [3.05, 3.63) is 65.9 Å². The molecule has 1 aliphatic heterocycles. The molecule has 1 heterocycles. The highest BCUT2D eigenvalue weighted by Crippen LogP contribution is 2.31. The van der Waals surface area contributed by atoms with Crippen molar-refractivity contribution in [2.75, 3.05) is 10.6 Å². The molecular formula is C21H21N3O3. The Labute approximate surface area is 157 Å². The smallest absolute Gasteiger partial charge is 0.278 e. The molecule has 6 nitrogen and oxygen atoms in total. The predicted molar refractivity (Wildman–Crippen MR) is 105 cm³/mol. The Morgan fingerprint density at radius 2 is 1.48 bits per heavy atom. The number of nitrogens with one attached hydrogen (secondary N) is 2. The standard InChI is InChI=1S/C21H21N3O3/c1-13(2)24-20(26)18(15-7-5-4-6-8-15)19(21(24)27)23-17-11-9-16(10-12-17)22-14(3)25/h4-13,23H,1-3H3,(H,22,25). The minimum absolute atomic E-state index is 0.158. The van der Waals surface area contributed by atoms with Crippen molar-refractivity contribution >= 4 is 34.7 Å². The first-order chi connectivity index (χ1) is 12.9. The SMILES string of the molecule is CC(=O)Nc1ccc(NC2=C(c3ccccc3)C(=O)N(C(C)C)C2=O)cc1. The van der Waals surface area contributed by atoms with Gasteiger partial charge in [0.25, 0.3) is 11.8 Å². The van der Waals surface area contributed by atoms with Crippen LogP contribution in [0.2, 0.25) is 0 Å². The lowest BCUT2D eigenvalue weighted by molar-refractivity contribution is -0.138. The molecule has 138 valence electrons. The van der Waals surface area contributed by atoms with Crippen LogP contribution in [0.3, 0.4) is 0 Å². The highest BCUT2D eigenvalue weighted by atomic mass is 16.2. The minimum Gasteiger partial charge on any atom is -0.350 e. The van der Waals surface area contributed by atoms with E-state index in [1.807, 2.05) is 44.2 Å². The van der Waals surface area contributed by atoms with E-state index >= 15 is 0 Å². The quantitative estimate of drug-likeness (QED) is 0.800. The molecular weight excluding hydrogens is 342 g/mol. The number of amides is 3. The number of rotatable bonds is 5. The van der Waals surface area contributed by atoms with Crippen LogP contribution in [0.4, 0.5) is 11.4 Å². The topological polar surface area (TPSA) is 78.5 Å². The average molecular weight is 363 g/mol. The molecule has 0 fully saturated rings. The maximum absolute atomic E-state index is 12.9. The second kappa shape index (κ2) is 7.45. The summed E-state index contributed by atoms with van der Waals surface area (Å²) in [5, 5.41) is 5.78. The van der Waals surface area contributed by atoms with Gasteiger partial charge >= 0.3 is 0 Å². The van der Waals surface area contributed by atoms with Crippen LogP contribution in [0.25, 0.3) is 5.57 Å². The fourth-order valence-corrected chi connectivity index (χ4v) is 2.99. The van der Waals surface area contributed by atoms with Gasteiger partial charge in [0.2, 0.25) is 5.91 Å². The maximum atomic E-state index is 12.9. The van der Waals surface area contributed by atoms with Crippen LogP contribution in [0, 0.1) is 0 Å². The lowest BCUT2D eigenvalue weighted by atomic mass is 10.0. The third-order valence-electron chi connectivity index (χ3n) is 4.17. The van der Waals surface area contributed by atoms with E-state index in [1.165, 1.54) is 11.8 Å². The van der Waals surface area contributed by atoms with E-state index in [0.29, 0.717) is 22.5 Å². The Balaban J connectivity index is 1.98. The van der Waals surface area contributed by atoms with Crippen molar-refractivity contribution in [3.63, 3.8) is 0 Å². The zero-order valence-electron chi connectivity index (χ0n) is 15.4. The first kappa shape index (κ1) is 18.4. The molecule has 2 N–H and O–H groups in total. The number of benzene rings is 2. The van der Waals surface area contributed by atoms with Gasteiger partial charge in [0.05, 0.1) is 5.57 Å². The summed E-state index contributed by atoms with van der Waals surface area (Å²) >= 11 is 0. The molecule has 0 aliphatic carbocycles. The van der Waals surface area contributed by atoms with Crippen LogP contribution in [-0.4, -0.2) is 28.7 Å². The monoisotopic (exact) mass is 363 g/mol. The van der Waals surface area contributed by atoms with Crippen LogP contribution >= 0.6 is 0 Å². The van der Waals surface area contributed by atoms with Gasteiger partial charge in [-0.15, -0.1) is 0 Å². The zero-order valence-corrected chi connectivity index (χ0v) is 15.4. The molecule has 2 aromatic rings. The first-order valence-electron chi connectivity index (χ1n) is 8.70. The maximum Gasteiger partial charge on any atom is 0.278 e. The van der Waals surface area contributed by atoms with E-state index in [9.17, 15) is 14.4 Å². The lowest BCUT2D eigenvalue weighted by Gasteiger charge is -2.19. The number of nitrogens with zero attached hydrogens (tertiary/aromatic N) is 1. The molecule has 0 spiro atoms. The Morgan fingerprint density at radius 1 is 0.889 bits per heavy atom. The molecule has 0 radical (unpaired) electrons. The molecule has 3 amide bonds. The lowest BCUT2D eigenvalue weighted by Crippen LogP contribution is -2.38. The van der Waals surface area contributed by atoms with Gasteiger partial charge in [0, 0.05) is 24.3 Å². The molecule has 0 bridgehead atoms. The number of hydrogen-bond donors (Lipinski definition) is 2. The van der Waals surface area contributed by atoms with Crippen molar-refractivity contribution in [1.82, 2.24) is 4.90 Å². The second-order valence-electron chi connectivity index (χ2n) is 6.57. The third-order valence-corrected chi connectivity index (χ3v) is 4.17. The largest absolute Gasteiger partial charge is 0.350 e. The number of imide groups is 1. The van der Waals surface area contributed by atoms with E-state index in [-0.39, 0.29) is 29.5 Å². The van der Waals surface area contributed by atoms with Crippen LogP contribution in [-0.2, 0) is 14.4 Å². The summed E-state index contributed by atoms with van der Waals surface area (Å²) in [7, 11) is 0. The third kappa shape index (κ3) is 3.74. The van der Waals surface area contributed by atoms with E-state index < -0.39 is 0 Å². The van der Waals surface area contributed by atoms with Crippen LogP contribution in [0.15, 0.2) is 60.3 Å². The van der Waals surface area contributed by atoms with Gasteiger partial charge in [0.1, 0.15) is 5.70 Å². The van der Waals surface area contributed by atoms with Gasteiger partial charge in [-0.1, -0.05) is 30.3 Å². The van der Waals surface area contributed by atoms with Gasteiger partial charge in [-0.05, 0) is 43.7 Å². The van der Waals surface area contributed by atoms with Crippen molar-refractivity contribution in [1.29, 1.82) is 0 Å². The van der Waals surface area contributed by atoms with Crippen molar-refractivity contribution < 1.29 is 14.4 Å². The zero-order chi connectivity index (χ0) is 19.6.